The number of halogens is 1. The van der Waals surface area contributed by atoms with Gasteiger partial charge < -0.3 is 4.90 Å². The second-order valence-electron chi connectivity index (χ2n) is 6.43. The molecule has 0 saturated carbocycles. The maximum atomic E-state index is 14.1. The molecule has 1 saturated heterocycles. The molecule has 0 N–H and O–H groups in total. The quantitative estimate of drug-likeness (QED) is 0.635. The monoisotopic (exact) mass is 319 g/mol. The minimum Gasteiger partial charge on any atom is -0.306 e. The van der Waals surface area contributed by atoms with Gasteiger partial charge in [0.2, 0.25) is 0 Å². The molecule has 0 aliphatic carbocycles. The Morgan fingerprint density at radius 1 is 1.26 bits per heavy atom. The Hall–Kier alpha value is -1.79. The minimum atomic E-state index is -0.566. The van der Waals surface area contributed by atoms with Crippen molar-refractivity contribution in [2.75, 3.05) is 33.2 Å². The molecule has 0 aromatic heterocycles. The largest absolute Gasteiger partial charge is 0.306 e. The van der Waals surface area contributed by atoms with Crippen LogP contribution in [0.25, 0.3) is 5.57 Å². The van der Waals surface area contributed by atoms with Crippen LogP contribution in [0.5, 0.6) is 0 Å². The van der Waals surface area contributed by atoms with E-state index in [2.05, 4.69) is 22.9 Å². The third-order valence-corrected chi connectivity index (χ3v) is 4.95. The van der Waals surface area contributed by atoms with Gasteiger partial charge in [-0.15, -0.1) is 0 Å². The third-order valence-electron chi connectivity index (χ3n) is 4.95. The van der Waals surface area contributed by atoms with E-state index in [-0.39, 0.29) is 5.69 Å². The molecule has 0 atom stereocenters. The van der Waals surface area contributed by atoms with Crippen molar-refractivity contribution < 1.29 is 9.31 Å². The average molecular weight is 319 g/mol. The van der Waals surface area contributed by atoms with Gasteiger partial charge in [0.05, 0.1) is 11.0 Å². The van der Waals surface area contributed by atoms with Crippen LogP contribution < -0.4 is 0 Å². The molecule has 5 nitrogen and oxygen atoms in total. The summed E-state index contributed by atoms with van der Waals surface area (Å²) in [4.78, 5) is 15.0. The zero-order valence-electron chi connectivity index (χ0n) is 13.4. The van der Waals surface area contributed by atoms with Gasteiger partial charge in [-0.1, -0.05) is 6.08 Å². The van der Waals surface area contributed by atoms with Crippen molar-refractivity contribution in [3.63, 3.8) is 0 Å². The van der Waals surface area contributed by atoms with E-state index in [9.17, 15) is 14.5 Å². The number of hydrogen-bond acceptors (Lipinski definition) is 4. The summed E-state index contributed by atoms with van der Waals surface area (Å²) in [5.41, 5.74) is 1.26. The molecule has 2 aliphatic heterocycles. The number of nitro benzene ring substituents is 1. The van der Waals surface area contributed by atoms with Crippen molar-refractivity contribution in [1.29, 1.82) is 0 Å². The maximum absolute atomic E-state index is 14.1. The lowest BCUT2D eigenvalue weighted by Gasteiger charge is -2.38. The average Bonchev–Trinajstić information content (AvgIpc) is 2.56. The maximum Gasteiger partial charge on any atom is 0.272 e. The molecule has 0 radical (unpaired) electrons. The first kappa shape index (κ1) is 16.1. The first-order chi connectivity index (χ1) is 11.0. The summed E-state index contributed by atoms with van der Waals surface area (Å²) < 4.78 is 14.1. The third kappa shape index (κ3) is 3.59. The Kier molecular flexibility index (Phi) is 4.73. The normalized spacial score (nSPS) is 21.2. The highest BCUT2D eigenvalue weighted by Gasteiger charge is 2.25. The smallest absolute Gasteiger partial charge is 0.272 e. The van der Waals surface area contributed by atoms with Crippen molar-refractivity contribution in [2.24, 2.45) is 0 Å². The molecule has 124 valence electrons. The molecule has 0 bridgehead atoms. The van der Waals surface area contributed by atoms with Crippen LogP contribution in [0.1, 0.15) is 24.8 Å². The van der Waals surface area contributed by atoms with Gasteiger partial charge in [0, 0.05) is 30.8 Å². The molecule has 0 unspecified atom stereocenters. The van der Waals surface area contributed by atoms with E-state index in [0.717, 1.165) is 44.2 Å². The molecule has 3 rings (SSSR count). The number of nitro groups is 1. The van der Waals surface area contributed by atoms with E-state index in [4.69, 9.17) is 0 Å². The van der Waals surface area contributed by atoms with Gasteiger partial charge in [0.1, 0.15) is 5.82 Å². The molecule has 1 fully saturated rings. The Morgan fingerprint density at radius 2 is 2.00 bits per heavy atom. The number of non-ortho nitro benzene ring substituents is 1. The first-order valence-electron chi connectivity index (χ1n) is 8.10. The first-order valence-corrected chi connectivity index (χ1v) is 8.10. The molecular formula is C17H22FN3O2. The van der Waals surface area contributed by atoms with E-state index >= 15 is 0 Å². The van der Waals surface area contributed by atoms with Crippen molar-refractivity contribution in [3.8, 4) is 0 Å². The molecule has 2 heterocycles. The molecule has 23 heavy (non-hydrogen) atoms. The number of piperidine rings is 1. The van der Waals surface area contributed by atoms with Crippen LogP contribution in [-0.2, 0) is 0 Å². The van der Waals surface area contributed by atoms with Gasteiger partial charge in [0.25, 0.3) is 5.69 Å². The zero-order chi connectivity index (χ0) is 16.4. The van der Waals surface area contributed by atoms with E-state index in [1.807, 2.05) is 0 Å². The predicted molar refractivity (Wildman–Crippen MR) is 87.7 cm³/mol. The Balaban J connectivity index is 1.68. The van der Waals surface area contributed by atoms with Gasteiger partial charge in [0.15, 0.2) is 0 Å². The summed E-state index contributed by atoms with van der Waals surface area (Å²) in [5, 5.41) is 10.7. The van der Waals surface area contributed by atoms with Gasteiger partial charge in [-0.3, -0.25) is 15.0 Å². The molecular weight excluding hydrogens is 297 g/mol. The predicted octanol–water partition coefficient (Wildman–Crippen LogP) is 2.92. The molecule has 1 aromatic rings. The van der Waals surface area contributed by atoms with Gasteiger partial charge in [-0.2, -0.15) is 0 Å². The highest BCUT2D eigenvalue weighted by atomic mass is 19.1. The molecule has 6 heteroatoms. The Labute approximate surface area is 135 Å². The fourth-order valence-corrected chi connectivity index (χ4v) is 3.50. The highest BCUT2D eigenvalue weighted by molar-refractivity contribution is 5.68. The summed E-state index contributed by atoms with van der Waals surface area (Å²) in [5.74, 6) is -0.502. The summed E-state index contributed by atoms with van der Waals surface area (Å²) in [6, 6.07) is 4.54. The van der Waals surface area contributed by atoms with Crippen molar-refractivity contribution in [3.05, 3.63) is 45.8 Å². The topological polar surface area (TPSA) is 49.6 Å². The molecule has 1 aromatic carbocycles. The van der Waals surface area contributed by atoms with Gasteiger partial charge in [-0.05, 0) is 51.0 Å². The van der Waals surface area contributed by atoms with Crippen LogP contribution in [-0.4, -0.2) is 54.0 Å². The fraction of sp³-hybridized carbons (Fsp3) is 0.529. The second kappa shape index (κ2) is 6.76. The number of nitrogens with zero attached hydrogens (tertiary/aromatic N) is 3. The number of likely N-dealkylation sites (tertiary alicyclic amines) is 1. The molecule has 0 spiro atoms. The Morgan fingerprint density at radius 3 is 2.57 bits per heavy atom. The van der Waals surface area contributed by atoms with Crippen LogP contribution >= 0.6 is 0 Å². The zero-order valence-corrected chi connectivity index (χ0v) is 13.4. The van der Waals surface area contributed by atoms with E-state index in [1.54, 1.807) is 0 Å². The summed E-state index contributed by atoms with van der Waals surface area (Å²) in [6.45, 7) is 4.03. The highest BCUT2D eigenvalue weighted by Crippen LogP contribution is 2.29. The standard InChI is InChI=1S/C17H22FN3O2/c1-19-8-6-14(7-9-19)20-10-4-13(5-11-20)16-3-2-15(21(22)23)12-17(16)18/h2-4,12,14H,5-11H2,1H3. The van der Waals surface area contributed by atoms with Crippen LogP contribution in [0.3, 0.4) is 0 Å². The lowest BCUT2D eigenvalue weighted by atomic mass is 9.96. The lowest BCUT2D eigenvalue weighted by Crippen LogP contribution is -2.45. The number of hydrogen-bond donors (Lipinski definition) is 0. The van der Waals surface area contributed by atoms with Crippen molar-refractivity contribution >= 4 is 11.3 Å². The number of benzene rings is 1. The number of rotatable bonds is 3. The summed E-state index contributed by atoms with van der Waals surface area (Å²) in [6.07, 6.45) is 5.24. The summed E-state index contributed by atoms with van der Waals surface area (Å²) in [7, 11) is 2.15. The van der Waals surface area contributed by atoms with Crippen LogP contribution in [0.4, 0.5) is 10.1 Å². The SMILES string of the molecule is CN1CCC(N2CC=C(c3ccc([N+](=O)[O-])cc3F)CC2)CC1. The van der Waals surface area contributed by atoms with Crippen LogP contribution in [0, 0.1) is 15.9 Å². The van der Waals surface area contributed by atoms with Gasteiger partial charge in [-0.25, -0.2) is 4.39 Å². The minimum absolute atomic E-state index is 0.199. The van der Waals surface area contributed by atoms with Gasteiger partial charge >= 0.3 is 0 Å². The Bertz CT molecular complexity index is 624. The molecule has 0 amide bonds. The van der Waals surface area contributed by atoms with E-state index < -0.39 is 10.7 Å². The van der Waals surface area contributed by atoms with Crippen LogP contribution in [0.15, 0.2) is 24.3 Å². The second-order valence-corrected chi connectivity index (χ2v) is 6.43. The lowest BCUT2D eigenvalue weighted by molar-refractivity contribution is -0.385. The van der Waals surface area contributed by atoms with E-state index in [0.29, 0.717) is 11.6 Å². The fourth-order valence-electron chi connectivity index (χ4n) is 3.50. The van der Waals surface area contributed by atoms with Crippen molar-refractivity contribution in [2.45, 2.75) is 25.3 Å². The van der Waals surface area contributed by atoms with Crippen molar-refractivity contribution in [1.82, 2.24) is 9.80 Å². The van der Waals surface area contributed by atoms with Crippen LogP contribution in [0.2, 0.25) is 0 Å². The molecule has 2 aliphatic rings. The van der Waals surface area contributed by atoms with E-state index in [1.165, 1.54) is 25.0 Å². The summed E-state index contributed by atoms with van der Waals surface area (Å²) >= 11 is 0.